The van der Waals surface area contributed by atoms with E-state index in [1.807, 2.05) is 0 Å². The topological polar surface area (TPSA) is 109 Å². The lowest BCUT2D eigenvalue weighted by Crippen LogP contribution is -2.42. The van der Waals surface area contributed by atoms with E-state index in [1.54, 1.807) is 0 Å². The third-order valence-electron chi connectivity index (χ3n) is 5.11. The highest BCUT2D eigenvalue weighted by Gasteiger charge is 2.17. The van der Waals surface area contributed by atoms with E-state index in [0.717, 1.165) is 60.8 Å². The third-order valence-corrected chi connectivity index (χ3v) is 6.72. The van der Waals surface area contributed by atoms with Crippen molar-refractivity contribution >= 4 is 20.2 Å². The summed E-state index contributed by atoms with van der Waals surface area (Å²) in [4.78, 5) is 0. The quantitative estimate of drug-likeness (QED) is 0.201. The highest BCUT2D eigenvalue weighted by Crippen LogP contribution is 2.11. The second-order valence-corrected chi connectivity index (χ2v) is 12.3. The zero-order valence-electron chi connectivity index (χ0n) is 18.1. The predicted octanol–water partition coefficient (Wildman–Crippen LogP) is 2.04. The lowest BCUT2D eigenvalue weighted by Gasteiger charge is -2.30. The molecular weight excluding hydrogens is 404 g/mol. The summed E-state index contributed by atoms with van der Waals surface area (Å²) in [6.07, 6.45) is 7.85. The van der Waals surface area contributed by atoms with Gasteiger partial charge in [-0.3, -0.25) is 9.11 Å². The first-order valence-electron chi connectivity index (χ1n) is 10.2. The Bertz CT molecular complexity index is 574. The summed E-state index contributed by atoms with van der Waals surface area (Å²) in [5.41, 5.74) is 0. The first-order chi connectivity index (χ1) is 12.6. The molecule has 0 saturated carbocycles. The summed E-state index contributed by atoms with van der Waals surface area (Å²) in [5, 5.41) is 0. The van der Waals surface area contributed by atoms with Gasteiger partial charge in [-0.15, -0.1) is 0 Å². The van der Waals surface area contributed by atoms with Crippen LogP contribution in [0.1, 0.15) is 51.4 Å². The van der Waals surface area contributed by atoms with Crippen LogP contribution >= 0.6 is 0 Å². The maximum Gasteiger partial charge on any atom is 0.265 e. The maximum atomic E-state index is 10.8. The van der Waals surface area contributed by atoms with E-state index in [2.05, 4.69) is 28.2 Å². The lowest BCUT2D eigenvalue weighted by atomic mass is 10.1. The van der Waals surface area contributed by atoms with Crippen molar-refractivity contribution in [2.75, 3.05) is 65.9 Å². The van der Waals surface area contributed by atoms with Crippen LogP contribution in [0.5, 0.6) is 0 Å². The molecule has 0 aromatic heterocycles. The van der Waals surface area contributed by atoms with E-state index in [4.69, 9.17) is 9.11 Å². The Labute approximate surface area is 172 Å². The van der Waals surface area contributed by atoms with Crippen LogP contribution in [0.3, 0.4) is 0 Å². The molecule has 0 aliphatic carbocycles. The van der Waals surface area contributed by atoms with Crippen LogP contribution in [-0.2, 0) is 20.2 Å². The van der Waals surface area contributed by atoms with Crippen molar-refractivity contribution in [1.29, 1.82) is 0 Å². The highest BCUT2D eigenvalue weighted by atomic mass is 32.2. The number of hydrogen-bond acceptors (Lipinski definition) is 4. The molecule has 0 aliphatic heterocycles. The van der Waals surface area contributed by atoms with Crippen molar-refractivity contribution in [3.63, 3.8) is 0 Å². The fourth-order valence-corrected chi connectivity index (χ4v) is 4.35. The predicted molar refractivity (Wildman–Crippen MR) is 113 cm³/mol. The number of nitrogens with zero attached hydrogens (tertiary/aromatic N) is 2. The van der Waals surface area contributed by atoms with Gasteiger partial charge in [0.1, 0.15) is 0 Å². The van der Waals surface area contributed by atoms with Gasteiger partial charge in [-0.1, -0.05) is 12.8 Å². The molecule has 0 heterocycles. The van der Waals surface area contributed by atoms with Gasteiger partial charge in [-0.2, -0.15) is 16.8 Å². The summed E-state index contributed by atoms with van der Waals surface area (Å²) in [6, 6.07) is 0. The first-order valence-corrected chi connectivity index (χ1v) is 13.4. The summed E-state index contributed by atoms with van der Waals surface area (Å²) in [5.74, 6) is -0.335. The van der Waals surface area contributed by atoms with Crippen molar-refractivity contribution in [2.24, 2.45) is 0 Å². The van der Waals surface area contributed by atoms with Crippen LogP contribution < -0.4 is 0 Å². The molecule has 2 N–H and O–H groups in total. The van der Waals surface area contributed by atoms with Gasteiger partial charge in [-0.25, -0.2) is 0 Å². The SMILES string of the molecule is C[N+](C)(CCCCCCCC[N+](C)(C)CCCS(=O)(=O)O)CCCS(=O)(=O)O. The lowest BCUT2D eigenvalue weighted by molar-refractivity contribution is -0.890. The molecule has 0 radical (unpaired) electrons. The van der Waals surface area contributed by atoms with Crippen molar-refractivity contribution in [3.8, 4) is 0 Å². The molecule has 0 amide bonds. The Balaban J connectivity index is 3.72. The molecular formula is C18H42N2O6S2+2. The van der Waals surface area contributed by atoms with E-state index in [9.17, 15) is 16.8 Å². The minimum absolute atomic E-state index is 0.167. The Morgan fingerprint density at radius 3 is 1.04 bits per heavy atom. The van der Waals surface area contributed by atoms with Gasteiger partial charge in [0, 0.05) is 12.8 Å². The fourth-order valence-electron chi connectivity index (χ4n) is 3.36. The molecule has 0 atom stereocenters. The van der Waals surface area contributed by atoms with Crippen molar-refractivity contribution in [1.82, 2.24) is 0 Å². The zero-order valence-corrected chi connectivity index (χ0v) is 19.8. The van der Waals surface area contributed by atoms with Gasteiger partial charge in [-0.05, 0) is 25.7 Å². The molecule has 10 heteroatoms. The molecule has 0 unspecified atom stereocenters. The van der Waals surface area contributed by atoms with Gasteiger partial charge in [0.15, 0.2) is 0 Å². The standard InChI is InChI=1S/C18H40N2O6S2/c1-19(2,15-11-17-27(21,22)23)13-9-7-5-6-8-10-14-20(3,4)16-12-18-28(24,25)26/h5-18H2,1-4H3/p+2. The second-order valence-electron chi connectivity index (χ2n) is 9.17. The molecule has 0 saturated heterocycles. The molecule has 0 aromatic carbocycles. The molecule has 0 spiro atoms. The van der Waals surface area contributed by atoms with E-state index in [-0.39, 0.29) is 11.5 Å². The van der Waals surface area contributed by atoms with E-state index < -0.39 is 20.2 Å². The van der Waals surface area contributed by atoms with Crippen LogP contribution in [-0.4, -0.2) is 101 Å². The van der Waals surface area contributed by atoms with E-state index in [1.165, 1.54) is 12.8 Å². The number of unbranched alkanes of at least 4 members (excludes halogenated alkanes) is 5. The molecule has 170 valence electrons. The molecule has 0 fully saturated rings. The van der Waals surface area contributed by atoms with Crippen LogP contribution in [0.25, 0.3) is 0 Å². The number of hydrogen-bond donors (Lipinski definition) is 2. The van der Waals surface area contributed by atoms with Crippen molar-refractivity contribution < 1.29 is 34.9 Å². The summed E-state index contributed by atoms with van der Waals surface area (Å²) < 4.78 is 62.2. The number of quaternary nitrogens is 2. The van der Waals surface area contributed by atoms with Gasteiger partial charge in [0.25, 0.3) is 20.2 Å². The minimum atomic E-state index is -3.86. The van der Waals surface area contributed by atoms with Gasteiger partial charge < -0.3 is 8.97 Å². The minimum Gasteiger partial charge on any atom is -0.328 e. The van der Waals surface area contributed by atoms with Gasteiger partial charge >= 0.3 is 0 Å². The van der Waals surface area contributed by atoms with E-state index in [0.29, 0.717) is 12.8 Å². The van der Waals surface area contributed by atoms with Crippen LogP contribution in [0.2, 0.25) is 0 Å². The normalized spacial score (nSPS) is 13.8. The van der Waals surface area contributed by atoms with E-state index >= 15 is 0 Å². The Kier molecular flexibility index (Phi) is 12.3. The summed E-state index contributed by atoms with van der Waals surface area (Å²) >= 11 is 0. The fraction of sp³-hybridized carbons (Fsp3) is 1.00. The van der Waals surface area contributed by atoms with Gasteiger partial charge in [0.05, 0.1) is 65.9 Å². The van der Waals surface area contributed by atoms with Crippen molar-refractivity contribution in [2.45, 2.75) is 51.4 Å². The van der Waals surface area contributed by atoms with Gasteiger partial charge in [0.2, 0.25) is 0 Å². The van der Waals surface area contributed by atoms with Crippen LogP contribution in [0.15, 0.2) is 0 Å². The Hall–Kier alpha value is -0.260. The average molecular weight is 447 g/mol. The highest BCUT2D eigenvalue weighted by molar-refractivity contribution is 7.86. The smallest absolute Gasteiger partial charge is 0.265 e. The molecule has 28 heavy (non-hydrogen) atoms. The second kappa shape index (κ2) is 12.4. The first kappa shape index (κ1) is 27.7. The average Bonchev–Trinajstić information content (AvgIpc) is 2.46. The summed E-state index contributed by atoms with van der Waals surface area (Å²) in [6.45, 7) is 3.49. The van der Waals surface area contributed by atoms with Crippen LogP contribution in [0, 0.1) is 0 Å². The van der Waals surface area contributed by atoms with Crippen molar-refractivity contribution in [3.05, 3.63) is 0 Å². The Morgan fingerprint density at radius 1 is 0.500 bits per heavy atom. The third kappa shape index (κ3) is 19.1. The molecule has 8 nitrogen and oxygen atoms in total. The Morgan fingerprint density at radius 2 is 0.750 bits per heavy atom. The number of rotatable bonds is 17. The molecule has 0 aliphatic rings. The molecule has 0 rings (SSSR count). The zero-order chi connectivity index (χ0) is 21.9. The monoisotopic (exact) mass is 446 g/mol. The summed E-state index contributed by atoms with van der Waals surface area (Å²) in [7, 11) is 0.645. The largest absolute Gasteiger partial charge is 0.328 e. The maximum absolute atomic E-state index is 10.8. The van der Waals surface area contributed by atoms with Crippen LogP contribution in [0.4, 0.5) is 0 Å². The molecule has 0 aromatic rings. The molecule has 0 bridgehead atoms.